The number of nitrogens with zero attached hydrogens (tertiary/aromatic N) is 2. The Morgan fingerprint density at radius 1 is 1.33 bits per heavy atom. The van der Waals surface area contributed by atoms with E-state index in [9.17, 15) is 0 Å². The third kappa shape index (κ3) is 4.02. The summed E-state index contributed by atoms with van der Waals surface area (Å²) in [4.78, 5) is 6.05. The van der Waals surface area contributed by atoms with Crippen LogP contribution in [0.4, 0.5) is 0 Å². The molecule has 0 aromatic heterocycles. The van der Waals surface area contributed by atoms with E-state index in [4.69, 9.17) is 5.73 Å². The predicted molar refractivity (Wildman–Crippen MR) is 67.9 cm³/mol. The van der Waals surface area contributed by atoms with Gasteiger partial charge >= 0.3 is 0 Å². The lowest BCUT2D eigenvalue weighted by molar-refractivity contribution is 0.560. The van der Waals surface area contributed by atoms with Gasteiger partial charge in [0.1, 0.15) is 0 Å². The molecular formula is C12H21N3. The molecule has 3 nitrogen and oxygen atoms in total. The van der Waals surface area contributed by atoms with Gasteiger partial charge in [0, 0.05) is 44.3 Å². The standard InChI is InChI=1S/C12H21N3/c1-7-11(8-15(5)6)12(13)9(2)10(3)14-4/h7-8H,1,13H2,2-6H3/b11-8+,12-9?,14-10?. The molecule has 0 aromatic rings. The fourth-order valence-electron chi connectivity index (χ4n) is 1.09. The van der Waals surface area contributed by atoms with E-state index in [1.165, 1.54) is 0 Å². The lowest BCUT2D eigenvalue weighted by Crippen LogP contribution is -2.11. The lowest BCUT2D eigenvalue weighted by Gasteiger charge is -2.12. The van der Waals surface area contributed by atoms with E-state index < -0.39 is 0 Å². The first kappa shape index (κ1) is 13.5. The van der Waals surface area contributed by atoms with Crippen molar-refractivity contribution >= 4 is 5.71 Å². The first-order valence-electron chi connectivity index (χ1n) is 4.85. The largest absolute Gasteiger partial charge is 0.398 e. The van der Waals surface area contributed by atoms with Crippen LogP contribution < -0.4 is 5.73 Å². The Labute approximate surface area is 92.7 Å². The number of hydrogen-bond acceptors (Lipinski definition) is 3. The fourth-order valence-corrected chi connectivity index (χ4v) is 1.09. The van der Waals surface area contributed by atoms with E-state index in [0.717, 1.165) is 22.6 Å². The summed E-state index contributed by atoms with van der Waals surface area (Å²) in [6.07, 6.45) is 3.69. The first-order chi connectivity index (χ1) is 6.93. The van der Waals surface area contributed by atoms with E-state index in [0.29, 0.717) is 0 Å². The molecule has 0 saturated heterocycles. The summed E-state index contributed by atoms with van der Waals surface area (Å²) in [7, 11) is 5.66. The van der Waals surface area contributed by atoms with Crippen molar-refractivity contribution in [2.45, 2.75) is 13.8 Å². The Hall–Kier alpha value is -1.51. The maximum atomic E-state index is 6.03. The maximum absolute atomic E-state index is 6.03. The third-order valence-electron chi connectivity index (χ3n) is 2.21. The second-order valence-corrected chi connectivity index (χ2v) is 3.60. The fraction of sp³-hybridized carbons (Fsp3) is 0.417. The van der Waals surface area contributed by atoms with Crippen LogP contribution in [0, 0.1) is 0 Å². The molecule has 0 aliphatic heterocycles. The molecule has 0 heterocycles. The molecule has 0 fully saturated rings. The summed E-state index contributed by atoms with van der Waals surface area (Å²) in [6.45, 7) is 7.66. The Morgan fingerprint density at radius 2 is 1.87 bits per heavy atom. The van der Waals surface area contributed by atoms with Gasteiger partial charge < -0.3 is 10.6 Å². The number of nitrogens with two attached hydrogens (primary N) is 1. The summed E-state index contributed by atoms with van der Waals surface area (Å²) in [5, 5.41) is 0. The molecule has 0 aromatic carbocycles. The van der Waals surface area contributed by atoms with Crippen molar-refractivity contribution in [2.24, 2.45) is 10.7 Å². The van der Waals surface area contributed by atoms with Crippen LogP contribution in [0.25, 0.3) is 0 Å². The van der Waals surface area contributed by atoms with E-state index >= 15 is 0 Å². The average molecular weight is 207 g/mol. The van der Waals surface area contributed by atoms with E-state index in [1.54, 1.807) is 13.1 Å². The molecule has 0 unspecified atom stereocenters. The minimum absolute atomic E-state index is 0.724. The van der Waals surface area contributed by atoms with E-state index in [-0.39, 0.29) is 0 Å². The molecular weight excluding hydrogens is 186 g/mol. The van der Waals surface area contributed by atoms with Gasteiger partial charge in [0.05, 0.1) is 0 Å². The zero-order chi connectivity index (χ0) is 12.0. The summed E-state index contributed by atoms with van der Waals surface area (Å²) < 4.78 is 0. The molecule has 15 heavy (non-hydrogen) atoms. The molecule has 0 bridgehead atoms. The van der Waals surface area contributed by atoms with Crippen molar-refractivity contribution in [3.8, 4) is 0 Å². The van der Waals surface area contributed by atoms with Crippen LogP contribution in [0.3, 0.4) is 0 Å². The molecule has 84 valence electrons. The molecule has 3 heteroatoms. The second-order valence-electron chi connectivity index (χ2n) is 3.60. The second kappa shape index (κ2) is 6.06. The molecule has 0 atom stereocenters. The quantitative estimate of drug-likeness (QED) is 0.565. The normalized spacial score (nSPS) is 14.7. The molecule has 0 amide bonds. The minimum atomic E-state index is 0.724. The number of hydrogen-bond donors (Lipinski definition) is 1. The zero-order valence-electron chi connectivity index (χ0n) is 10.3. The number of allylic oxidation sites excluding steroid dienone is 2. The van der Waals surface area contributed by atoms with Gasteiger partial charge in [-0.15, -0.1) is 0 Å². The zero-order valence-corrected chi connectivity index (χ0v) is 10.3. The molecule has 0 rings (SSSR count). The molecule has 2 N–H and O–H groups in total. The van der Waals surface area contributed by atoms with E-state index in [2.05, 4.69) is 11.6 Å². The monoisotopic (exact) mass is 207 g/mol. The molecule has 0 aliphatic carbocycles. The highest BCUT2D eigenvalue weighted by atomic mass is 15.0. The SMILES string of the molecule is C=C/C(=C\N(C)C)C(N)=C(C)C(C)=NC. The summed E-state index contributed by atoms with van der Waals surface area (Å²) in [5.74, 6) is 0. The van der Waals surface area contributed by atoms with E-state index in [1.807, 2.05) is 39.0 Å². The van der Waals surface area contributed by atoms with Gasteiger partial charge in [-0.1, -0.05) is 12.7 Å². The summed E-state index contributed by atoms with van der Waals surface area (Å²) in [6, 6.07) is 0. The summed E-state index contributed by atoms with van der Waals surface area (Å²) >= 11 is 0. The average Bonchev–Trinajstić information content (AvgIpc) is 2.22. The van der Waals surface area contributed by atoms with Crippen LogP contribution in [0.5, 0.6) is 0 Å². The first-order valence-corrected chi connectivity index (χ1v) is 4.85. The van der Waals surface area contributed by atoms with Crippen molar-refractivity contribution < 1.29 is 0 Å². The number of rotatable bonds is 4. The van der Waals surface area contributed by atoms with Gasteiger partial charge in [-0.05, 0) is 19.4 Å². The Bertz CT molecular complexity index is 320. The van der Waals surface area contributed by atoms with Crippen molar-refractivity contribution in [3.63, 3.8) is 0 Å². The van der Waals surface area contributed by atoms with Crippen molar-refractivity contribution in [1.29, 1.82) is 0 Å². The van der Waals surface area contributed by atoms with Gasteiger partial charge in [0.2, 0.25) is 0 Å². The van der Waals surface area contributed by atoms with Crippen LogP contribution in [0.15, 0.2) is 40.7 Å². The maximum Gasteiger partial charge on any atom is 0.0449 e. The van der Waals surface area contributed by atoms with Crippen molar-refractivity contribution in [3.05, 3.63) is 35.7 Å². The Morgan fingerprint density at radius 3 is 2.20 bits per heavy atom. The number of aliphatic imine (C=N–C) groups is 1. The van der Waals surface area contributed by atoms with Gasteiger partial charge in [0.15, 0.2) is 0 Å². The molecule has 0 saturated carbocycles. The van der Waals surface area contributed by atoms with Crippen molar-refractivity contribution in [2.75, 3.05) is 21.1 Å². The van der Waals surface area contributed by atoms with Gasteiger partial charge in [-0.3, -0.25) is 4.99 Å². The van der Waals surface area contributed by atoms with Crippen LogP contribution in [0.2, 0.25) is 0 Å². The molecule has 0 radical (unpaired) electrons. The third-order valence-corrected chi connectivity index (χ3v) is 2.21. The topological polar surface area (TPSA) is 41.6 Å². The Balaban J connectivity index is 5.28. The lowest BCUT2D eigenvalue weighted by atomic mass is 10.1. The smallest absolute Gasteiger partial charge is 0.0449 e. The highest BCUT2D eigenvalue weighted by molar-refractivity contribution is 5.98. The van der Waals surface area contributed by atoms with Gasteiger partial charge in [-0.25, -0.2) is 0 Å². The summed E-state index contributed by atoms with van der Waals surface area (Å²) in [5.41, 5.74) is 9.61. The highest BCUT2D eigenvalue weighted by Gasteiger charge is 2.04. The molecule has 0 aliphatic rings. The van der Waals surface area contributed by atoms with Crippen LogP contribution in [-0.4, -0.2) is 31.8 Å². The Kier molecular flexibility index (Phi) is 5.45. The molecule has 0 spiro atoms. The van der Waals surface area contributed by atoms with Gasteiger partial charge in [-0.2, -0.15) is 0 Å². The van der Waals surface area contributed by atoms with Crippen LogP contribution >= 0.6 is 0 Å². The van der Waals surface area contributed by atoms with Gasteiger partial charge in [0.25, 0.3) is 0 Å². The highest BCUT2D eigenvalue weighted by Crippen LogP contribution is 2.12. The predicted octanol–water partition coefficient (Wildman–Crippen LogP) is 1.94. The van der Waals surface area contributed by atoms with Crippen molar-refractivity contribution in [1.82, 2.24) is 4.90 Å². The van der Waals surface area contributed by atoms with Crippen LogP contribution in [-0.2, 0) is 0 Å². The van der Waals surface area contributed by atoms with Crippen LogP contribution in [0.1, 0.15) is 13.8 Å². The minimum Gasteiger partial charge on any atom is -0.398 e.